The van der Waals surface area contributed by atoms with Gasteiger partial charge in [0.05, 0.1) is 5.92 Å². The lowest BCUT2D eigenvalue weighted by atomic mass is 10.1. The van der Waals surface area contributed by atoms with Gasteiger partial charge in [0, 0.05) is 36.4 Å². The molecule has 1 unspecified atom stereocenters. The third-order valence-corrected chi connectivity index (χ3v) is 5.55. The van der Waals surface area contributed by atoms with Crippen molar-refractivity contribution in [2.75, 3.05) is 23.7 Å². The van der Waals surface area contributed by atoms with Crippen LogP contribution in [0.25, 0.3) is 0 Å². The molecule has 1 aliphatic rings. The average molecular weight is 408 g/mol. The Kier molecular flexibility index (Phi) is 6.87. The predicted molar refractivity (Wildman–Crippen MR) is 119 cm³/mol. The van der Waals surface area contributed by atoms with Crippen molar-refractivity contribution in [2.45, 2.75) is 40.0 Å². The zero-order valence-corrected chi connectivity index (χ0v) is 17.8. The number of benzene rings is 2. The van der Waals surface area contributed by atoms with Gasteiger partial charge in [-0.3, -0.25) is 14.4 Å². The Bertz CT molecular complexity index is 937. The number of carbonyl (C=O) groups is 3. The van der Waals surface area contributed by atoms with Crippen LogP contribution < -0.4 is 10.6 Å². The molecule has 30 heavy (non-hydrogen) atoms. The monoisotopic (exact) mass is 407 g/mol. The van der Waals surface area contributed by atoms with Crippen molar-refractivity contribution in [1.29, 1.82) is 0 Å². The Labute approximate surface area is 177 Å². The number of anilines is 2. The number of unbranched alkanes of at least 4 members (excludes halogenated alkanes) is 1. The highest BCUT2D eigenvalue weighted by molar-refractivity contribution is 6.05. The summed E-state index contributed by atoms with van der Waals surface area (Å²) in [6.07, 6.45) is 2.22. The Hall–Kier alpha value is -3.15. The summed E-state index contributed by atoms with van der Waals surface area (Å²) in [5.41, 5.74) is 4.16. The Morgan fingerprint density at radius 1 is 1.00 bits per heavy atom. The number of amides is 3. The molecule has 1 fully saturated rings. The summed E-state index contributed by atoms with van der Waals surface area (Å²) in [5, 5.41) is 5.75. The summed E-state index contributed by atoms with van der Waals surface area (Å²) in [6.45, 7) is 7.29. The highest BCUT2D eigenvalue weighted by Gasteiger charge is 2.33. The third kappa shape index (κ3) is 5.26. The lowest BCUT2D eigenvalue weighted by Crippen LogP contribution is -2.29. The molecule has 1 aliphatic heterocycles. The van der Waals surface area contributed by atoms with E-state index in [1.807, 2.05) is 32.0 Å². The molecular formula is C24H29N3O3. The molecule has 2 aromatic carbocycles. The quantitative estimate of drug-likeness (QED) is 0.724. The van der Waals surface area contributed by atoms with E-state index >= 15 is 0 Å². The Morgan fingerprint density at radius 3 is 2.37 bits per heavy atom. The molecule has 1 saturated heterocycles. The summed E-state index contributed by atoms with van der Waals surface area (Å²) in [4.78, 5) is 38.8. The fourth-order valence-electron chi connectivity index (χ4n) is 3.48. The second-order valence-electron chi connectivity index (χ2n) is 7.91. The zero-order chi connectivity index (χ0) is 21.7. The SMILES string of the molecule is CCCCN1CC(C(=O)Nc2ccc(C(=O)Nc3ccc(C)c(C)c3)cc2)CC1=O. The van der Waals surface area contributed by atoms with Crippen molar-refractivity contribution in [3.05, 3.63) is 59.2 Å². The van der Waals surface area contributed by atoms with Gasteiger partial charge in [-0.25, -0.2) is 0 Å². The largest absolute Gasteiger partial charge is 0.342 e. The van der Waals surface area contributed by atoms with Crippen LogP contribution in [-0.4, -0.2) is 35.7 Å². The Morgan fingerprint density at radius 2 is 1.70 bits per heavy atom. The van der Waals surface area contributed by atoms with E-state index in [1.165, 1.54) is 5.56 Å². The van der Waals surface area contributed by atoms with E-state index < -0.39 is 0 Å². The van der Waals surface area contributed by atoms with Crippen molar-refractivity contribution in [1.82, 2.24) is 4.90 Å². The van der Waals surface area contributed by atoms with E-state index in [4.69, 9.17) is 0 Å². The van der Waals surface area contributed by atoms with Gasteiger partial charge in [-0.05, 0) is 67.8 Å². The molecule has 6 nitrogen and oxygen atoms in total. The third-order valence-electron chi connectivity index (χ3n) is 5.55. The fraction of sp³-hybridized carbons (Fsp3) is 0.375. The van der Waals surface area contributed by atoms with Crippen molar-refractivity contribution in [3.63, 3.8) is 0 Å². The molecule has 0 radical (unpaired) electrons. The van der Waals surface area contributed by atoms with Gasteiger partial charge >= 0.3 is 0 Å². The lowest BCUT2D eigenvalue weighted by Gasteiger charge is -2.16. The molecule has 1 atom stereocenters. The van der Waals surface area contributed by atoms with Crippen molar-refractivity contribution < 1.29 is 14.4 Å². The van der Waals surface area contributed by atoms with Crippen LogP contribution in [0.4, 0.5) is 11.4 Å². The molecule has 3 rings (SSSR count). The van der Waals surface area contributed by atoms with E-state index in [-0.39, 0.29) is 30.1 Å². The van der Waals surface area contributed by atoms with E-state index in [1.54, 1.807) is 29.2 Å². The average Bonchev–Trinajstić information content (AvgIpc) is 3.10. The molecule has 0 spiro atoms. The molecule has 6 heteroatoms. The van der Waals surface area contributed by atoms with E-state index in [9.17, 15) is 14.4 Å². The van der Waals surface area contributed by atoms with Gasteiger partial charge in [0.25, 0.3) is 5.91 Å². The van der Waals surface area contributed by atoms with Crippen LogP contribution >= 0.6 is 0 Å². The minimum Gasteiger partial charge on any atom is -0.342 e. The molecule has 0 bridgehead atoms. The number of nitrogens with one attached hydrogen (secondary N) is 2. The summed E-state index contributed by atoms with van der Waals surface area (Å²) in [6, 6.07) is 12.6. The molecule has 2 N–H and O–H groups in total. The standard InChI is InChI=1S/C24H29N3O3/c1-4-5-12-27-15-19(14-22(27)28)24(30)25-20-10-7-18(8-11-20)23(29)26-21-9-6-16(2)17(3)13-21/h6-11,13,19H,4-5,12,14-15H2,1-3H3,(H,25,30)(H,26,29). The summed E-state index contributed by atoms with van der Waals surface area (Å²) in [7, 11) is 0. The minimum atomic E-state index is -0.331. The van der Waals surface area contributed by atoms with Gasteiger partial charge in [-0.2, -0.15) is 0 Å². The first-order chi connectivity index (χ1) is 14.4. The van der Waals surface area contributed by atoms with E-state index in [2.05, 4.69) is 17.6 Å². The highest BCUT2D eigenvalue weighted by Crippen LogP contribution is 2.21. The van der Waals surface area contributed by atoms with Crippen molar-refractivity contribution >= 4 is 29.1 Å². The minimum absolute atomic E-state index is 0.0435. The topological polar surface area (TPSA) is 78.5 Å². The lowest BCUT2D eigenvalue weighted by molar-refractivity contribution is -0.128. The van der Waals surface area contributed by atoms with Crippen LogP contribution in [0.3, 0.4) is 0 Å². The first-order valence-corrected chi connectivity index (χ1v) is 10.4. The number of likely N-dealkylation sites (tertiary alicyclic amines) is 1. The van der Waals surface area contributed by atoms with Crippen LogP contribution in [0, 0.1) is 19.8 Å². The summed E-state index contributed by atoms with van der Waals surface area (Å²) in [5.74, 6) is -0.650. The molecule has 2 aromatic rings. The molecule has 3 amide bonds. The smallest absolute Gasteiger partial charge is 0.255 e. The van der Waals surface area contributed by atoms with Gasteiger partial charge in [0.15, 0.2) is 0 Å². The van der Waals surface area contributed by atoms with Crippen LogP contribution in [0.1, 0.15) is 47.7 Å². The number of rotatable bonds is 7. The first kappa shape index (κ1) is 21.6. The number of carbonyl (C=O) groups excluding carboxylic acids is 3. The van der Waals surface area contributed by atoms with Crippen LogP contribution in [0.2, 0.25) is 0 Å². The zero-order valence-electron chi connectivity index (χ0n) is 17.8. The van der Waals surface area contributed by atoms with Gasteiger partial charge in [-0.1, -0.05) is 19.4 Å². The van der Waals surface area contributed by atoms with Crippen LogP contribution in [0.5, 0.6) is 0 Å². The summed E-state index contributed by atoms with van der Waals surface area (Å²) < 4.78 is 0. The number of nitrogens with zero attached hydrogens (tertiary/aromatic N) is 1. The number of hydrogen-bond donors (Lipinski definition) is 2. The highest BCUT2D eigenvalue weighted by atomic mass is 16.2. The molecular weight excluding hydrogens is 378 g/mol. The van der Waals surface area contributed by atoms with Gasteiger partial charge in [0.2, 0.25) is 11.8 Å². The van der Waals surface area contributed by atoms with Crippen molar-refractivity contribution in [2.24, 2.45) is 5.92 Å². The van der Waals surface area contributed by atoms with Crippen LogP contribution in [0.15, 0.2) is 42.5 Å². The predicted octanol–water partition coefficient (Wildman–Crippen LogP) is 4.14. The van der Waals surface area contributed by atoms with E-state index in [0.29, 0.717) is 24.3 Å². The number of aryl methyl sites for hydroxylation is 2. The maximum absolute atomic E-state index is 12.5. The molecule has 0 aromatic heterocycles. The second kappa shape index (κ2) is 9.57. The van der Waals surface area contributed by atoms with Crippen LogP contribution in [-0.2, 0) is 9.59 Å². The molecule has 1 heterocycles. The van der Waals surface area contributed by atoms with Gasteiger partial charge < -0.3 is 15.5 Å². The summed E-state index contributed by atoms with van der Waals surface area (Å²) >= 11 is 0. The fourth-order valence-corrected chi connectivity index (χ4v) is 3.48. The molecule has 0 aliphatic carbocycles. The van der Waals surface area contributed by atoms with Gasteiger partial charge in [-0.15, -0.1) is 0 Å². The normalized spacial score (nSPS) is 15.9. The molecule has 0 saturated carbocycles. The maximum atomic E-state index is 12.5. The van der Waals surface area contributed by atoms with E-state index in [0.717, 1.165) is 24.1 Å². The Balaban J connectivity index is 1.56. The molecule has 158 valence electrons. The van der Waals surface area contributed by atoms with Crippen molar-refractivity contribution in [3.8, 4) is 0 Å². The van der Waals surface area contributed by atoms with Gasteiger partial charge in [0.1, 0.15) is 0 Å². The maximum Gasteiger partial charge on any atom is 0.255 e. The number of hydrogen-bond acceptors (Lipinski definition) is 3. The first-order valence-electron chi connectivity index (χ1n) is 10.4. The second-order valence-corrected chi connectivity index (χ2v) is 7.91.